The Morgan fingerprint density at radius 2 is 1.25 bits per heavy atom. The second kappa shape index (κ2) is 11.1. The van der Waals surface area contributed by atoms with Crippen LogP contribution in [0.5, 0.6) is 11.5 Å². The maximum absolute atomic E-state index is 11.2. The second-order valence-electron chi connectivity index (χ2n) is 8.20. The van der Waals surface area contributed by atoms with Gasteiger partial charge in [-0.1, -0.05) is 88.1 Å². The molecule has 0 heterocycles. The van der Waals surface area contributed by atoms with Crippen LogP contribution in [0.3, 0.4) is 0 Å². The predicted molar refractivity (Wildman–Crippen MR) is 118 cm³/mol. The SMILES string of the molecule is COc1cc2c(O)c(-c3ccccc3)c1CCCCCCCCCCCCC2. The smallest absolute Gasteiger partial charge is 0.127 e. The molecule has 2 aliphatic carbocycles. The standard InChI is InChI=1S/C26H36O2/c1-28-24-20-22-18-12-9-7-5-3-2-4-6-8-10-15-19-23(24)25(26(22)27)21-16-13-11-14-17-21/h11,13-14,16-17,20,27H,2-10,12,15,18-19H2,1H3. The first-order chi connectivity index (χ1) is 13.8. The van der Waals surface area contributed by atoms with Gasteiger partial charge in [-0.2, -0.15) is 0 Å². The molecule has 0 spiro atoms. The van der Waals surface area contributed by atoms with E-state index in [1.54, 1.807) is 7.11 Å². The highest BCUT2D eigenvalue weighted by Gasteiger charge is 2.19. The molecular formula is C26H36O2. The van der Waals surface area contributed by atoms with E-state index in [4.69, 9.17) is 4.74 Å². The lowest BCUT2D eigenvalue weighted by Crippen LogP contribution is -2.00. The van der Waals surface area contributed by atoms with Crippen molar-refractivity contribution in [2.75, 3.05) is 7.11 Å². The van der Waals surface area contributed by atoms with Crippen molar-refractivity contribution >= 4 is 0 Å². The van der Waals surface area contributed by atoms with Crippen molar-refractivity contribution in [3.8, 4) is 22.6 Å². The van der Waals surface area contributed by atoms with Crippen LogP contribution in [0.4, 0.5) is 0 Å². The van der Waals surface area contributed by atoms with Gasteiger partial charge in [0, 0.05) is 11.1 Å². The van der Waals surface area contributed by atoms with E-state index in [0.717, 1.165) is 48.1 Å². The average molecular weight is 381 g/mol. The minimum absolute atomic E-state index is 0.464. The molecule has 0 radical (unpaired) electrons. The molecule has 0 fully saturated rings. The van der Waals surface area contributed by atoms with E-state index >= 15 is 0 Å². The molecule has 0 saturated heterocycles. The van der Waals surface area contributed by atoms with Crippen LogP contribution in [0.2, 0.25) is 0 Å². The molecule has 28 heavy (non-hydrogen) atoms. The number of aryl methyl sites for hydroxylation is 1. The Balaban J connectivity index is 1.94. The first-order valence-electron chi connectivity index (χ1n) is 11.3. The number of hydrogen-bond acceptors (Lipinski definition) is 2. The van der Waals surface area contributed by atoms with E-state index in [2.05, 4.69) is 18.2 Å². The Kier molecular flexibility index (Phi) is 8.26. The number of fused-ring (bicyclic) bond motifs is 14. The number of aromatic hydroxyl groups is 1. The zero-order valence-electron chi connectivity index (χ0n) is 17.5. The summed E-state index contributed by atoms with van der Waals surface area (Å²) in [6.45, 7) is 0. The highest BCUT2D eigenvalue weighted by molar-refractivity contribution is 5.78. The number of methoxy groups -OCH3 is 1. The van der Waals surface area contributed by atoms with E-state index < -0.39 is 0 Å². The first kappa shape index (κ1) is 20.8. The van der Waals surface area contributed by atoms with Gasteiger partial charge >= 0.3 is 0 Å². The second-order valence-corrected chi connectivity index (χ2v) is 8.20. The van der Waals surface area contributed by atoms with Gasteiger partial charge in [0.25, 0.3) is 0 Å². The molecule has 2 nitrogen and oxygen atoms in total. The van der Waals surface area contributed by atoms with E-state index in [-0.39, 0.29) is 0 Å². The number of ether oxygens (including phenoxy) is 1. The lowest BCUT2D eigenvalue weighted by Gasteiger charge is -2.19. The summed E-state index contributed by atoms with van der Waals surface area (Å²) in [4.78, 5) is 0. The van der Waals surface area contributed by atoms with Crippen LogP contribution in [0.25, 0.3) is 11.1 Å². The molecule has 0 unspecified atom stereocenters. The Hall–Kier alpha value is -1.96. The van der Waals surface area contributed by atoms with Crippen molar-refractivity contribution in [1.29, 1.82) is 0 Å². The van der Waals surface area contributed by atoms with Crippen molar-refractivity contribution in [3.05, 3.63) is 47.5 Å². The Labute approximate surface area is 170 Å². The quantitative estimate of drug-likeness (QED) is 0.586. The van der Waals surface area contributed by atoms with Crippen LogP contribution in [0, 0.1) is 0 Å². The summed E-state index contributed by atoms with van der Waals surface area (Å²) in [5, 5.41) is 11.2. The summed E-state index contributed by atoms with van der Waals surface area (Å²) in [5.41, 5.74) is 4.27. The fourth-order valence-electron chi connectivity index (χ4n) is 4.49. The summed E-state index contributed by atoms with van der Waals surface area (Å²) in [6, 6.07) is 12.4. The minimum Gasteiger partial charge on any atom is -0.507 e. The summed E-state index contributed by atoms with van der Waals surface area (Å²) < 4.78 is 5.81. The van der Waals surface area contributed by atoms with Crippen LogP contribution in [-0.2, 0) is 12.8 Å². The van der Waals surface area contributed by atoms with E-state index in [0.29, 0.717) is 5.75 Å². The lowest BCUT2D eigenvalue weighted by molar-refractivity contribution is 0.404. The van der Waals surface area contributed by atoms with Gasteiger partial charge < -0.3 is 9.84 Å². The highest BCUT2D eigenvalue weighted by atomic mass is 16.5. The molecule has 2 bridgehead atoms. The fraction of sp³-hybridized carbons (Fsp3) is 0.538. The van der Waals surface area contributed by atoms with E-state index in [1.165, 1.54) is 63.4 Å². The van der Waals surface area contributed by atoms with Crippen molar-refractivity contribution < 1.29 is 9.84 Å². The number of phenolic OH excluding ortho intramolecular Hbond substituents is 1. The predicted octanol–water partition coefficient (Wildman–Crippen LogP) is 7.46. The maximum Gasteiger partial charge on any atom is 0.127 e. The van der Waals surface area contributed by atoms with E-state index in [9.17, 15) is 5.11 Å². The van der Waals surface area contributed by atoms with Gasteiger partial charge in [0.05, 0.1) is 7.11 Å². The Bertz CT molecular complexity index is 721. The molecule has 0 saturated carbocycles. The minimum atomic E-state index is 0.464. The molecule has 2 aromatic rings. The zero-order valence-corrected chi connectivity index (χ0v) is 17.5. The number of hydrogen-bond donors (Lipinski definition) is 1. The van der Waals surface area contributed by atoms with E-state index in [1.807, 2.05) is 18.2 Å². The van der Waals surface area contributed by atoms with Crippen LogP contribution >= 0.6 is 0 Å². The zero-order chi connectivity index (χ0) is 19.6. The molecule has 0 aliphatic heterocycles. The summed E-state index contributed by atoms with van der Waals surface area (Å²) in [5.74, 6) is 1.40. The maximum atomic E-state index is 11.2. The van der Waals surface area contributed by atoms with Crippen molar-refractivity contribution in [2.24, 2.45) is 0 Å². The molecular weight excluding hydrogens is 344 g/mol. The molecule has 0 aromatic heterocycles. The summed E-state index contributed by atoms with van der Waals surface area (Å²) in [6.07, 6.45) is 16.1. The summed E-state index contributed by atoms with van der Waals surface area (Å²) >= 11 is 0. The third-order valence-corrected chi connectivity index (χ3v) is 6.10. The van der Waals surface area contributed by atoms with Crippen LogP contribution in [0.15, 0.2) is 36.4 Å². The molecule has 152 valence electrons. The fourth-order valence-corrected chi connectivity index (χ4v) is 4.49. The van der Waals surface area contributed by atoms with Crippen LogP contribution in [-0.4, -0.2) is 12.2 Å². The molecule has 0 amide bonds. The van der Waals surface area contributed by atoms with Gasteiger partial charge in [-0.3, -0.25) is 0 Å². The third kappa shape index (κ3) is 5.53. The average Bonchev–Trinajstić information content (AvgIpc) is 2.73. The normalized spacial score (nSPS) is 17.2. The molecule has 2 heteroatoms. The first-order valence-corrected chi connectivity index (χ1v) is 11.3. The van der Waals surface area contributed by atoms with Gasteiger partial charge in [0.1, 0.15) is 11.5 Å². The Morgan fingerprint density at radius 1 is 0.714 bits per heavy atom. The lowest BCUT2D eigenvalue weighted by atomic mass is 9.90. The van der Waals surface area contributed by atoms with Crippen molar-refractivity contribution in [2.45, 2.75) is 83.5 Å². The Morgan fingerprint density at radius 3 is 1.82 bits per heavy atom. The van der Waals surface area contributed by atoms with Crippen molar-refractivity contribution in [3.63, 3.8) is 0 Å². The van der Waals surface area contributed by atoms with Gasteiger partial charge in [-0.05, 0) is 42.9 Å². The number of benzene rings is 2. The molecule has 1 N–H and O–H groups in total. The van der Waals surface area contributed by atoms with Gasteiger partial charge in [-0.15, -0.1) is 0 Å². The summed E-state index contributed by atoms with van der Waals surface area (Å²) in [7, 11) is 1.76. The largest absolute Gasteiger partial charge is 0.507 e. The van der Waals surface area contributed by atoms with Gasteiger partial charge in [0.15, 0.2) is 0 Å². The van der Waals surface area contributed by atoms with Crippen molar-refractivity contribution in [1.82, 2.24) is 0 Å². The van der Waals surface area contributed by atoms with Crippen LogP contribution < -0.4 is 4.74 Å². The third-order valence-electron chi connectivity index (χ3n) is 6.10. The number of rotatable bonds is 2. The molecule has 4 rings (SSSR count). The monoisotopic (exact) mass is 380 g/mol. The molecule has 2 aromatic carbocycles. The van der Waals surface area contributed by atoms with Gasteiger partial charge in [0.2, 0.25) is 0 Å². The number of phenols is 1. The molecule has 0 atom stereocenters. The van der Waals surface area contributed by atoms with Gasteiger partial charge in [-0.25, -0.2) is 0 Å². The highest BCUT2D eigenvalue weighted by Crippen LogP contribution is 2.42. The topological polar surface area (TPSA) is 29.5 Å². The van der Waals surface area contributed by atoms with Crippen LogP contribution in [0.1, 0.15) is 81.8 Å². The molecule has 2 aliphatic rings.